The van der Waals surface area contributed by atoms with Crippen LogP contribution >= 0.6 is 0 Å². The molecule has 0 radical (unpaired) electrons. The summed E-state index contributed by atoms with van der Waals surface area (Å²) in [5, 5.41) is 0.505. The van der Waals surface area contributed by atoms with Crippen LogP contribution in [0.4, 0.5) is 5.69 Å². The average molecular weight is 359 g/mol. The summed E-state index contributed by atoms with van der Waals surface area (Å²) in [5.41, 5.74) is 1.27. The lowest BCUT2D eigenvalue weighted by Crippen LogP contribution is -2.22. The Morgan fingerprint density at radius 2 is 1.88 bits per heavy atom. The summed E-state index contributed by atoms with van der Waals surface area (Å²) in [7, 11) is -2.01. The van der Waals surface area contributed by atoms with Crippen LogP contribution in [0.15, 0.2) is 47.3 Å². The van der Waals surface area contributed by atoms with E-state index in [-0.39, 0.29) is 5.56 Å². The fraction of sp³-hybridized carbons (Fsp3) is 0.176. The van der Waals surface area contributed by atoms with Gasteiger partial charge in [0.2, 0.25) is 10.0 Å². The SMILES string of the molecule is COc1cc(-n2c(C)nc3ccccc3c2=O)ccc1NS(C)(=O)=O. The zero-order valence-corrected chi connectivity index (χ0v) is 14.8. The smallest absolute Gasteiger partial charge is 0.265 e. The molecule has 0 saturated carbocycles. The number of aromatic nitrogens is 2. The molecule has 7 nitrogen and oxygen atoms in total. The molecular weight excluding hydrogens is 342 g/mol. The molecule has 3 aromatic rings. The molecular formula is C17H17N3O4S. The third kappa shape index (κ3) is 3.34. The molecule has 0 atom stereocenters. The maximum absolute atomic E-state index is 12.8. The van der Waals surface area contributed by atoms with Gasteiger partial charge in [0, 0.05) is 6.07 Å². The zero-order valence-electron chi connectivity index (χ0n) is 14.0. The number of hydrogen-bond acceptors (Lipinski definition) is 5. The van der Waals surface area contributed by atoms with Crippen LogP contribution in [0.3, 0.4) is 0 Å². The molecule has 1 N–H and O–H groups in total. The highest BCUT2D eigenvalue weighted by atomic mass is 32.2. The summed E-state index contributed by atoms with van der Waals surface area (Å²) in [5.74, 6) is 0.831. The van der Waals surface area contributed by atoms with Gasteiger partial charge in [-0.3, -0.25) is 14.1 Å². The van der Waals surface area contributed by atoms with Crippen LogP contribution < -0.4 is 15.0 Å². The number of sulfonamides is 1. The summed E-state index contributed by atoms with van der Waals surface area (Å²) in [4.78, 5) is 17.3. The summed E-state index contributed by atoms with van der Waals surface area (Å²) in [6.07, 6.45) is 1.06. The van der Waals surface area contributed by atoms with Gasteiger partial charge in [-0.1, -0.05) is 12.1 Å². The van der Waals surface area contributed by atoms with Gasteiger partial charge in [0.15, 0.2) is 0 Å². The van der Waals surface area contributed by atoms with E-state index in [0.717, 1.165) is 6.26 Å². The van der Waals surface area contributed by atoms with Gasteiger partial charge in [-0.2, -0.15) is 0 Å². The van der Waals surface area contributed by atoms with E-state index in [1.165, 1.54) is 11.7 Å². The Bertz CT molecular complexity index is 1120. The van der Waals surface area contributed by atoms with E-state index in [1.807, 2.05) is 6.07 Å². The van der Waals surface area contributed by atoms with Gasteiger partial charge in [0.05, 0.1) is 35.6 Å². The van der Waals surface area contributed by atoms with Gasteiger partial charge < -0.3 is 4.74 Å². The summed E-state index contributed by atoms with van der Waals surface area (Å²) in [6.45, 7) is 1.74. The molecule has 25 heavy (non-hydrogen) atoms. The number of fused-ring (bicyclic) bond motifs is 1. The second-order valence-electron chi connectivity index (χ2n) is 5.58. The summed E-state index contributed by atoms with van der Waals surface area (Å²) in [6, 6.07) is 11.9. The molecule has 130 valence electrons. The minimum absolute atomic E-state index is 0.200. The molecule has 3 rings (SSSR count). The molecule has 0 saturated heterocycles. The lowest BCUT2D eigenvalue weighted by Gasteiger charge is -2.14. The zero-order chi connectivity index (χ0) is 18.2. The van der Waals surface area contributed by atoms with Gasteiger partial charge in [-0.05, 0) is 31.2 Å². The van der Waals surface area contributed by atoms with E-state index in [4.69, 9.17) is 4.74 Å². The van der Waals surface area contributed by atoms with Crippen molar-refractivity contribution in [1.29, 1.82) is 0 Å². The van der Waals surface area contributed by atoms with E-state index in [2.05, 4.69) is 9.71 Å². The number of hydrogen-bond donors (Lipinski definition) is 1. The Morgan fingerprint density at radius 1 is 1.16 bits per heavy atom. The monoisotopic (exact) mass is 359 g/mol. The highest BCUT2D eigenvalue weighted by Gasteiger charge is 2.13. The van der Waals surface area contributed by atoms with Gasteiger partial charge in [-0.15, -0.1) is 0 Å². The highest BCUT2D eigenvalue weighted by molar-refractivity contribution is 7.92. The molecule has 0 bridgehead atoms. The number of benzene rings is 2. The molecule has 0 aliphatic carbocycles. The predicted molar refractivity (Wildman–Crippen MR) is 97.1 cm³/mol. The first-order valence-electron chi connectivity index (χ1n) is 7.45. The van der Waals surface area contributed by atoms with E-state index >= 15 is 0 Å². The second kappa shape index (κ2) is 6.21. The first-order chi connectivity index (χ1) is 11.8. The van der Waals surface area contributed by atoms with Crippen LogP contribution in [0.5, 0.6) is 5.75 Å². The van der Waals surface area contributed by atoms with Gasteiger partial charge >= 0.3 is 0 Å². The topological polar surface area (TPSA) is 90.3 Å². The van der Waals surface area contributed by atoms with E-state index < -0.39 is 10.0 Å². The molecule has 0 spiro atoms. The van der Waals surface area contributed by atoms with E-state index in [0.29, 0.717) is 33.9 Å². The van der Waals surface area contributed by atoms with Crippen molar-refractivity contribution >= 4 is 26.6 Å². The fourth-order valence-electron chi connectivity index (χ4n) is 2.65. The minimum Gasteiger partial charge on any atom is -0.494 e. The van der Waals surface area contributed by atoms with E-state index in [1.54, 1.807) is 43.3 Å². The van der Waals surface area contributed by atoms with Gasteiger partial charge in [-0.25, -0.2) is 13.4 Å². The normalized spacial score (nSPS) is 11.5. The first-order valence-corrected chi connectivity index (χ1v) is 9.34. The van der Waals surface area contributed by atoms with Crippen LogP contribution in [0.1, 0.15) is 5.82 Å². The molecule has 0 amide bonds. The molecule has 0 aliphatic rings. The molecule has 0 aliphatic heterocycles. The van der Waals surface area contributed by atoms with Gasteiger partial charge in [0.1, 0.15) is 11.6 Å². The van der Waals surface area contributed by atoms with Crippen molar-refractivity contribution in [3.8, 4) is 11.4 Å². The van der Waals surface area contributed by atoms with Crippen molar-refractivity contribution in [3.05, 3.63) is 58.6 Å². The average Bonchev–Trinajstić information content (AvgIpc) is 2.54. The number of aryl methyl sites for hydroxylation is 1. The number of nitrogens with one attached hydrogen (secondary N) is 1. The number of methoxy groups -OCH3 is 1. The van der Waals surface area contributed by atoms with Crippen LogP contribution in [0, 0.1) is 6.92 Å². The number of para-hydroxylation sites is 1. The van der Waals surface area contributed by atoms with Crippen LogP contribution in [0.2, 0.25) is 0 Å². The highest BCUT2D eigenvalue weighted by Crippen LogP contribution is 2.28. The number of ether oxygens (including phenoxy) is 1. The minimum atomic E-state index is -3.44. The fourth-order valence-corrected chi connectivity index (χ4v) is 3.22. The molecule has 2 aromatic carbocycles. The Kier molecular flexibility index (Phi) is 4.22. The Balaban J connectivity index is 2.20. The Hall–Kier alpha value is -2.87. The Labute approximate surface area is 144 Å². The lowest BCUT2D eigenvalue weighted by molar-refractivity contribution is 0.416. The molecule has 0 unspecified atom stereocenters. The molecule has 1 heterocycles. The van der Waals surface area contributed by atoms with Crippen molar-refractivity contribution in [1.82, 2.24) is 9.55 Å². The quantitative estimate of drug-likeness (QED) is 0.770. The number of rotatable bonds is 4. The first kappa shape index (κ1) is 17.0. The third-order valence-electron chi connectivity index (χ3n) is 3.68. The standard InChI is InChI=1S/C17H17N3O4S/c1-11-18-14-7-5-4-6-13(14)17(21)20(11)12-8-9-15(16(10-12)24-2)19-25(3,22)23/h4-10,19H,1-3H3. The van der Waals surface area contributed by atoms with Crippen LogP contribution in [-0.2, 0) is 10.0 Å². The van der Waals surface area contributed by atoms with Crippen molar-refractivity contribution in [2.45, 2.75) is 6.92 Å². The van der Waals surface area contributed by atoms with Crippen LogP contribution in [-0.4, -0.2) is 31.3 Å². The lowest BCUT2D eigenvalue weighted by atomic mass is 10.2. The van der Waals surface area contributed by atoms with Crippen molar-refractivity contribution in [3.63, 3.8) is 0 Å². The predicted octanol–water partition coefficient (Wildman–Crippen LogP) is 2.07. The second-order valence-corrected chi connectivity index (χ2v) is 7.32. The molecule has 8 heteroatoms. The number of nitrogens with zero attached hydrogens (tertiary/aromatic N) is 2. The van der Waals surface area contributed by atoms with Crippen LogP contribution in [0.25, 0.3) is 16.6 Å². The maximum Gasteiger partial charge on any atom is 0.265 e. The Morgan fingerprint density at radius 3 is 2.56 bits per heavy atom. The number of anilines is 1. The maximum atomic E-state index is 12.8. The van der Waals surface area contributed by atoms with Gasteiger partial charge in [0.25, 0.3) is 5.56 Å². The summed E-state index contributed by atoms with van der Waals surface area (Å²) >= 11 is 0. The third-order valence-corrected chi connectivity index (χ3v) is 4.27. The molecule has 0 fully saturated rings. The molecule has 1 aromatic heterocycles. The van der Waals surface area contributed by atoms with Crippen molar-refractivity contribution in [2.24, 2.45) is 0 Å². The van der Waals surface area contributed by atoms with Crippen molar-refractivity contribution < 1.29 is 13.2 Å². The largest absolute Gasteiger partial charge is 0.494 e. The summed E-state index contributed by atoms with van der Waals surface area (Å²) < 4.78 is 32.0. The van der Waals surface area contributed by atoms with Crippen molar-refractivity contribution in [2.75, 3.05) is 18.1 Å². The van der Waals surface area contributed by atoms with E-state index in [9.17, 15) is 13.2 Å².